The molecule has 0 bridgehead atoms. The van der Waals surface area contributed by atoms with Crippen molar-refractivity contribution in [2.75, 3.05) is 22.5 Å². The van der Waals surface area contributed by atoms with E-state index >= 15 is 0 Å². The Morgan fingerprint density at radius 3 is 2.75 bits per heavy atom. The second kappa shape index (κ2) is 6.82. The lowest BCUT2D eigenvalue weighted by Crippen LogP contribution is -2.43. The molecular weight excluding hydrogens is 395 g/mol. The summed E-state index contributed by atoms with van der Waals surface area (Å²) in [6.45, 7) is -0.130. The minimum absolute atomic E-state index is 0.112. The molecule has 1 aliphatic rings. The Morgan fingerprint density at radius 2 is 1.96 bits per heavy atom. The van der Waals surface area contributed by atoms with E-state index in [1.807, 2.05) is 0 Å². The molecule has 2 aromatic heterocycles. The van der Waals surface area contributed by atoms with Crippen molar-refractivity contribution >= 4 is 40.6 Å². The zero-order valence-corrected chi connectivity index (χ0v) is 14.9. The molecule has 0 fully saturated rings. The molecule has 1 N–H and O–H groups in total. The molecule has 0 atom stereocenters. The van der Waals surface area contributed by atoms with Gasteiger partial charge in [0.25, 0.3) is 0 Å². The van der Waals surface area contributed by atoms with Gasteiger partial charge in [0.2, 0.25) is 11.8 Å². The normalized spacial score (nSPS) is 14.1. The summed E-state index contributed by atoms with van der Waals surface area (Å²) >= 11 is 0.953. The van der Waals surface area contributed by atoms with E-state index in [4.69, 9.17) is 0 Å². The van der Waals surface area contributed by atoms with Crippen molar-refractivity contribution in [1.82, 2.24) is 14.6 Å². The third kappa shape index (κ3) is 3.40. The van der Waals surface area contributed by atoms with Gasteiger partial charge in [-0.25, -0.2) is 0 Å². The lowest BCUT2D eigenvalue weighted by Gasteiger charge is -2.28. The second-order valence-corrected chi connectivity index (χ2v) is 6.90. The number of rotatable bonds is 3. The minimum Gasteiger partial charge on any atom is -0.323 e. The van der Waals surface area contributed by atoms with Gasteiger partial charge >= 0.3 is 6.18 Å². The molecule has 0 spiro atoms. The van der Waals surface area contributed by atoms with Gasteiger partial charge in [0, 0.05) is 6.20 Å². The van der Waals surface area contributed by atoms with Crippen LogP contribution in [-0.4, -0.2) is 38.7 Å². The largest absolute Gasteiger partial charge is 0.417 e. The molecule has 7 nitrogen and oxygen atoms in total. The van der Waals surface area contributed by atoms with E-state index in [2.05, 4.69) is 15.5 Å². The predicted molar refractivity (Wildman–Crippen MR) is 96.1 cm³/mol. The van der Waals surface area contributed by atoms with Gasteiger partial charge < -0.3 is 10.2 Å². The van der Waals surface area contributed by atoms with Crippen LogP contribution in [0.4, 0.5) is 24.5 Å². The SMILES string of the molecule is O=C1CN(C(=O)CSc2nnc3ccc(C(F)(F)F)cn23)c2ccccc2N1. The van der Waals surface area contributed by atoms with E-state index in [-0.39, 0.29) is 34.9 Å². The Morgan fingerprint density at radius 1 is 1.18 bits per heavy atom. The van der Waals surface area contributed by atoms with E-state index in [9.17, 15) is 22.8 Å². The molecule has 1 aliphatic heterocycles. The highest BCUT2D eigenvalue weighted by molar-refractivity contribution is 7.99. The highest BCUT2D eigenvalue weighted by atomic mass is 32.2. The number of para-hydroxylation sites is 2. The molecule has 0 saturated heterocycles. The lowest BCUT2D eigenvalue weighted by atomic mass is 10.2. The Balaban J connectivity index is 1.55. The lowest BCUT2D eigenvalue weighted by molar-refractivity contribution is -0.137. The van der Waals surface area contributed by atoms with Crippen molar-refractivity contribution in [3.05, 3.63) is 48.2 Å². The number of carbonyl (C=O) groups excluding carboxylic acids is 2. The fourth-order valence-corrected chi connectivity index (χ4v) is 3.59. The van der Waals surface area contributed by atoms with Crippen molar-refractivity contribution in [3.63, 3.8) is 0 Å². The number of halogens is 3. The fourth-order valence-electron chi connectivity index (χ4n) is 2.80. The molecular formula is C17H12F3N5O2S. The first-order valence-corrected chi connectivity index (χ1v) is 9.05. The van der Waals surface area contributed by atoms with Crippen molar-refractivity contribution in [3.8, 4) is 0 Å². The van der Waals surface area contributed by atoms with Crippen LogP contribution in [0.25, 0.3) is 5.65 Å². The quantitative estimate of drug-likeness (QED) is 0.676. The Labute approximate surface area is 160 Å². The Kier molecular flexibility index (Phi) is 4.46. The topological polar surface area (TPSA) is 79.6 Å². The summed E-state index contributed by atoms with van der Waals surface area (Å²) in [5, 5.41) is 10.5. The number of thioether (sulfide) groups is 1. The highest BCUT2D eigenvalue weighted by Gasteiger charge is 2.31. The smallest absolute Gasteiger partial charge is 0.323 e. The molecule has 3 aromatic rings. The van der Waals surface area contributed by atoms with Gasteiger partial charge in [-0.15, -0.1) is 10.2 Å². The van der Waals surface area contributed by atoms with Gasteiger partial charge in [-0.05, 0) is 24.3 Å². The van der Waals surface area contributed by atoms with Crippen LogP contribution in [0.1, 0.15) is 5.56 Å². The second-order valence-electron chi connectivity index (χ2n) is 5.96. The van der Waals surface area contributed by atoms with E-state index in [1.54, 1.807) is 24.3 Å². The number of anilines is 2. The van der Waals surface area contributed by atoms with Crippen LogP contribution in [0.3, 0.4) is 0 Å². The average molecular weight is 407 g/mol. The summed E-state index contributed by atoms with van der Waals surface area (Å²) in [5.74, 6) is -0.797. The predicted octanol–water partition coefficient (Wildman–Crippen LogP) is 2.83. The molecule has 11 heteroatoms. The highest BCUT2D eigenvalue weighted by Crippen LogP contribution is 2.31. The van der Waals surface area contributed by atoms with Gasteiger partial charge in [0.15, 0.2) is 10.8 Å². The van der Waals surface area contributed by atoms with Crippen molar-refractivity contribution in [1.29, 1.82) is 0 Å². The Hall–Kier alpha value is -3.08. The maximum Gasteiger partial charge on any atom is 0.417 e. The number of nitrogens with one attached hydrogen (secondary N) is 1. The van der Waals surface area contributed by atoms with E-state index in [0.717, 1.165) is 24.0 Å². The third-order valence-corrected chi connectivity index (χ3v) is 5.02. The summed E-state index contributed by atoms with van der Waals surface area (Å²) in [5.41, 5.74) is 0.498. The monoisotopic (exact) mass is 407 g/mol. The summed E-state index contributed by atoms with van der Waals surface area (Å²) in [6, 6.07) is 9.01. The third-order valence-electron chi connectivity index (χ3n) is 4.09. The standard InChI is InChI=1S/C17H12F3N5O2S/c18-17(19,20)10-5-6-13-22-23-16(25(13)7-10)28-9-15(27)24-8-14(26)21-11-3-1-2-4-12(11)24/h1-7H,8-9H2,(H,21,26). The van der Waals surface area contributed by atoms with Crippen LogP contribution in [-0.2, 0) is 15.8 Å². The zero-order chi connectivity index (χ0) is 19.9. The number of pyridine rings is 1. The van der Waals surface area contributed by atoms with Crippen molar-refractivity contribution in [2.24, 2.45) is 0 Å². The molecule has 0 unspecified atom stereocenters. The molecule has 0 saturated carbocycles. The minimum atomic E-state index is -4.50. The summed E-state index contributed by atoms with van der Waals surface area (Å²) in [6.07, 6.45) is -3.60. The first kappa shape index (κ1) is 18.3. The number of amides is 2. The number of aromatic nitrogens is 3. The number of alkyl halides is 3. The summed E-state index contributed by atoms with van der Waals surface area (Å²) in [7, 11) is 0. The molecule has 0 aliphatic carbocycles. The maximum atomic E-state index is 12.9. The Bertz CT molecular complexity index is 1080. The van der Waals surface area contributed by atoms with Gasteiger partial charge in [-0.1, -0.05) is 23.9 Å². The zero-order valence-electron chi connectivity index (χ0n) is 14.1. The molecule has 1 aromatic carbocycles. The van der Waals surface area contributed by atoms with Crippen LogP contribution >= 0.6 is 11.8 Å². The van der Waals surface area contributed by atoms with Crippen molar-refractivity contribution in [2.45, 2.75) is 11.3 Å². The first-order chi connectivity index (χ1) is 13.3. The number of carbonyl (C=O) groups is 2. The fraction of sp³-hybridized carbons (Fsp3) is 0.176. The van der Waals surface area contributed by atoms with E-state index in [1.165, 1.54) is 15.4 Å². The van der Waals surface area contributed by atoms with Crippen LogP contribution in [0, 0.1) is 0 Å². The van der Waals surface area contributed by atoms with Gasteiger partial charge in [0.1, 0.15) is 6.54 Å². The summed E-state index contributed by atoms with van der Waals surface area (Å²) in [4.78, 5) is 25.8. The van der Waals surface area contributed by atoms with Gasteiger partial charge in [-0.3, -0.25) is 14.0 Å². The molecule has 28 heavy (non-hydrogen) atoms. The summed E-state index contributed by atoms with van der Waals surface area (Å²) < 4.78 is 40.0. The first-order valence-electron chi connectivity index (χ1n) is 8.07. The number of hydrogen-bond acceptors (Lipinski definition) is 5. The molecule has 3 heterocycles. The van der Waals surface area contributed by atoms with Crippen LogP contribution in [0.2, 0.25) is 0 Å². The molecule has 144 valence electrons. The van der Waals surface area contributed by atoms with Gasteiger partial charge in [-0.2, -0.15) is 13.2 Å². The average Bonchev–Trinajstić information content (AvgIpc) is 3.07. The number of benzene rings is 1. The van der Waals surface area contributed by atoms with Gasteiger partial charge in [0.05, 0.1) is 22.7 Å². The van der Waals surface area contributed by atoms with Crippen LogP contribution in [0.5, 0.6) is 0 Å². The molecule has 2 amide bonds. The van der Waals surface area contributed by atoms with Crippen LogP contribution in [0.15, 0.2) is 47.8 Å². The number of hydrogen-bond donors (Lipinski definition) is 1. The number of fused-ring (bicyclic) bond motifs is 2. The van der Waals surface area contributed by atoms with E-state index in [0.29, 0.717) is 11.4 Å². The van der Waals surface area contributed by atoms with Crippen molar-refractivity contribution < 1.29 is 22.8 Å². The molecule has 0 radical (unpaired) electrons. The maximum absolute atomic E-state index is 12.9. The molecule has 4 rings (SSSR count). The number of nitrogens with zero attached hydrogens (tertiary/aromatic N) is 4. The van der Waals surface area contributed by atoms with E-state index < -0.39 is 11.7 Å². The van der Waals surface area contributed by atoms with Crippen LogP contribution < -0.4 is 10.2 Å².